The van der Waals surface area contributed by atoms with Crippen molar-refractivity contribution in [2.24, 2.45) is 5.41 Å². The maximum atomic E-state index is 11.9. The number of allylic oxidation sites excluding steroid dienone is 4. The lowest BCUT2D eigenvalue weighted by molar-refractivity contribution is -0.111. The molecule has 0 saturated carbocycles. The minimum absolute atomic E-state index is 0.225. The van der Waals surface area contributed by atoms with Gasteiger partial charge in [-0.2, -0.15) is 0 Å². The zero-order valence-corrected chi connectivity index (χ0v) is 10.6. The van der Waals surface area contributed by atoms with Crippen LogP contribution in [0.3, 0.4) is 0 Å². The van der Waals surface area contributed by atoms with Crippen LogP contribution in [-0.2, 0) is 4.79 Å². The molecule has 0 aliphatic heterocycles. The molecule has 0 N–H and O–H groups in total. The van der Waals surface area contributed by atoms with Gasteiger partial charge in [-0.15, -0.1) is 0 Å². The Morgan fingerprint density at radius 3 is 2.40 bits per heavy atom. The molecule has 0 aromatic carbocycles. The zero-order valence-electron chi connectivity index (χ0n) is 10.6. The molecule has 0 saturated heterocycles. The first-order valence-electron chi connectivity index (χ1n) is 5.70. The fraction of sp³-hybridized carbons (Fsp3) is 0.643. The molecule has 1 nitrogen and oxygen atoms in total. The number of hydrogen-bond donors (Lipinski definition) is 0. The number of carbonyl (C=O) groups is 1. The van der Waals surface area contributed by atoms with E-state index in [9.17, 15) is 4.79 Å². The second-order valence-corrected chi connectivity index (χ2v) is 5.69. The maximum Gasteiger partial charge on any atom is 0.181 e. The molecular weight excluding hydrogens is 184 g/mol. The number of rotatable bonds is 2. The molecule has 0 fully saturated rings. The van der Waals surface area contributed by atoms with Crippen molar-refractivity contribution in [2.45, 2.75) is 53.9 Å². The normalized spacial score (nSPS) is 20.1. The van der Waals surface area contributed by atoms with E-state index in [1.165, 1.54) is 5.57 Å². The van der Waals surface area contributed by atoms with Gasteiger partial charge in [0.25, 0.3) is 0 Å². The highest BCUT2D eigenvalue weighted by atomic mass is 16.1. The largest absolute Gasteiger partial charge is 0.290 e. The lowest BCUT2D eigenvalue weighted by Crippen LogP contribution is -2.20. The summed E-state index contributed by atoms with van der Waals surface area (Å²) in [7, 11) is 0. The van der Waals surface area contributed by atoms with Gasteiger partial charge in [0.15, 0.2) is 5.78 Å². The molecule has 0 radical (unpaired) electrons. The molecule has 1 aliphatic rings. The van der Waals surface area contributed by atoms with E-state index in [0.29, 0.717) is 5.41 Å². The van der Waals surface area contributed by atoms with Crippen molar-refractivity contribution < 1.29 is 4.79 Å². The third kappa shape index (κ3) is 3.33. The van der Waals surface area contributed by atoms with E-state index in [4.69, 9.17) is 0 Å². The van der Waals surface area contributed by atoms with Gasteiger partial charge in [-0.1, -0.05) is 25.0 Å². The molecule has 0 aromatic heterocycles. The predicted octanol–water partition coefficient (Wildman–Crippen LogP) is 4.05. The standard InChI is InChI=1S/C14H22O/c1-10(2)8-13(15)12-6-7-14(4,5)9-11(12)3/h8H,6-7,9H2,1-5H3. The average Bonchev–Trinajstić information content (AvgIpc) is 1.99. The zero-order chi connectivity index (χ0) is 11.6. The van der Waals surface area contributed by atoms with E-state index in [2.05, 4.69) is 20.8 Å². The Morgan fingerprint density at radius 1 is 1.33 bits per heavy atom. The van der Waals surface area contributed by atoms with Gasteiger partial charge in [-0.05, 0) is 57.1 Å². The van der Waals surface area contributed by atoms with E-state index in [1.54, 1.807) is 6.08 Å². The van der Waals surface area contributed by atoms with Gasteiger partial charge < -0.3 is 0 Å². The van der Waals surface area contributed by atoms with Crippen molar-refractivity contribution in [1.29, 1.82) is 0 Å². The van der Waals surface area contributed by atoms with Gasteiger partial charge >= 0.3 is 0 Å². The minimum atomic E-state index is 0.225. The summed E-state index contributed by atoms with van der Waals surface area (Å²) in [6.45, 7) is 10.6. The topological polar surface area (TPSA) is 17.1 Å². The molecule has 0 unspecified atom stereocenters. The van der Waals surface area contributed by atoms with Crippen LogP contribution >= 0.6 is 0 Å². The lowest BCUT2D eigenvalue weighted by atomic mass is 9.74. The second kappa shape index (κ2) is 4.34. The smallest absolute Gasteiger partial charge is 0.181 e. The Labute approximate surface area is 93.3 Å². The molecule has 1 heteroatoms. The third-order valence-corrected chi connectivity index (χ3v) is 3.03. The summed E-state index contributed by atoms with van der Waals surface area (Å²) in [5.74, 6) is 0.225. The molecule has 15 heavy (non-hydrogen) atoms. The molecule has 84 valence electrons. The van der Waals surface area contributed by atoms with Crippen LogP contribution in [0.5, 0.6) is 0 Å². The van der Waals surface area contributed by atoms with Crippen LogP contribution in [0.1, 0.15) is 53.9 Å². The minimum Gasteiger partial charge on any atom is -0.290 e. The predicted molar refractivity (Wildman–Crippen MR) is 64.8 cm³/mol. The Kier molecular flexibility index (Phi) is 3.54. The van der Waals surface area contributed by atoms with Crippen molar-refractivity contribution in [2.75, 3.05) is 0 Å². The molecule has 0 atom stereocenters. The van der Waals surface area contributed by atoms with Crippen molar-refractivity contribution in [3.63, 3.8) is 0 Å². The summed E-state index contributed by atoms with van der Waals surface area (Å²) >= 11 is 0. The molecule has 0 amide bonds. The van der Waals surface area contributed by atoms with Gasteiger partial charge in [-0.3, -0.25) is 4.79 Å². The quantitative estimate of drug-likeness (QED) is 0.623. The molecule has 0 spiro atoms. The first kappa shape index (κ1) is 12.2. The van der Waals surface area contributed by atoms with E-state index >= 15 is 0 Å². The number of hydrogen-bond acceptors (Lipinski definition) is 1. The molecule has 1 aliphatic carbocycles. The van der Waals surface area contributed by atoms with E-state index in [0.717, 1.165) is 30.4 Å². The van der Waals surface area contributed by atoms with Crippen molar-refractivity contribution >= 4 is 5.78 Å². The first-order chi connectivity index (χ1) is 6.82. The molecule has 0 bridgehead atoms. The van der Waals surface area contributed by atoms with E-state index in [-0.39, 0.29) is 5.78 Å². The van der Waals surface area contributed by atoms with Gasteiger partial charge in [0, 0.05) is 0 Å². The summed E-state index contributed by atoms with van der Waals surface area (Å²) < 4.78 is 0. The van der Waals surface area contributed by atoms with Gasteiger partial charge in [0.05, 0.1) is 0 Å². The SMILES string of the molecule is CC(C)=CC(=O)C1=C(C)CC(C)(C)CC1. The molecule has 0 aromatic rings. The molecular formula is C14H22O. The fourth-order valence-corrected chi connectivity index (χ4v) is 2.27. The molecule has 0 heterocycles. The molecule has 1 rings (SSSR count). The van der Waals surface area contributed by atoms with Gasteiger partial charge in [0.1, 0.15) is 0 Å². The number of carbonyl (C=O) groups excluding carboxylic acids is 1. The van der Waals surface area contributed by atoms with Crippen LogP contribution in [0.2, 0.25) is 0 Å². The first-order valence-corrected chi connectivity index (χ1v) is 5.70. The summed E-state index contributed by atoms with van der Waals surface area (Å²) in [5, 5.41) is 0. The summed E-state index contributed by atoms with van der Waals surface area (Å²) in [6, 6.07) is 0. The van der Waals surface area contributed by atoms with Crippen molar-refractivity contribution in [3.8, 4) is 0 Å². The van der Waals surface area contributed by atoms with Crippen molar-refractivity contribution in [1.82, 2.24) is 0 Å². The fourth-order valence-electron chi connectivity index (χ4n) is 2.27. The summed E-state index contributed by atoms with van der Waals surface area (Å²) in [4.78, 5) is 11.9. The van der Waals surface area contributed by atoms with Crippen molar-refractivity contribution in [3.05, 3.63) is 22.8 Å². The van der Waals surface area contributed by atoms with Crippen LogP contribution in [0.25, 0.3) is 0 Å². The van der Waals surface area contributed by atoms with Crippen LogP contribution in [0, 0.1) is 5.41 Å². The van der Waals surface area contributed by atoms with E-state index < -0.39 is 0 Å². The highest BCUT2D eigenvalue weighted by molar-refractivity contribution is 6.04. The third-order valence-electron chi connectivity index (χ3n) is 3.03. The van der Waals surface area contributed by atoms with Gasteiger partial charge in [-0.25, -0.2) is 0 Å². The van der Waals surface area contributed by atoms with Crippen LogP contribution in [-0.4, -0.2) is 5.78 Å². The average molecular weight is 206 g/mol. The Morgan fingerprint density at radius 2 is 1.93 bits per heavy atom. The monoisotopic (exact) mass is 206 g/mol. The highest BCUT2D eigenvalue weighted by Crippen LogP contribution is 2.38. The highest BCUT2D eigenvalue weighted by Gasteiger charge is 2.26. The Hall–Kier alpha value is -0.850. The Bertz CT molecular complexity index is 325. The summed E-state index contributed by atoms with van der Waals surface area (Å²) in [5.41, 5.74) is 3.80. The summed E-state index contributed by atoms with van der Waals surface area (Å²) in [6.07, 6.45) is 4.89. The number of ketones is 1. The second-order valence-electron chi connectivity index (χ2n) is 5.69. The lowest BCUT2D eigenvalue weighted by Gasteiger charge is -2.31. The van der Waals surface area contributed by atoms with Gasteiger partial charge in [0.2, 0.25) is 0 Å². The Balaban J connectivity index is 2.88. The van der Waals surface area contributed by atoms with Crippen LogP contribution in [0.4, 0.5) is 0 Å². The van der Waals surface area contributed by atoms with E-state index in [1.807, 2.05) is 13.8 Å². The van der Waals surface area contributed by atoms with Crippen LogP contribution in [0.15, 0.2) is 22.8 Å². The maximum absolute atomic E-state index is 11.9. The van der Waals surface area contributed by atoms with Crippen LogP contribution < -0.4 is 0 Å².